The normalized spacial score (nSPS) is 16.5. The van der Waals surface area contributed by atoms with E-state index in [0.717, 1.165) is 24.0 Å². The molecule has 2 rings (SSSR count). The molecule has 0 saturated heterocycles. The van der Waals surface area contributed by atoms with Crippen LogP contribution in [-0.2, 0) is 11.2 Å². The lowest BCUT2D eigenvalue weighted by Crippen LogP contribution is -2.29. The number of amides is 1. The number of hydrogen-bond acceptors (Lipinski definition) is 4. The van der Waals surface area contributed by atoms with Crippen molar-refractivity contribution >= 4 is 5.91 Å². The second-order valence-electron chi connectivity index (χ2n) is 4.46. The minimum absolute atomic E-state index is 0.0627. The van der Waals surface area contributed by atoms with Gasteiger partial charge >= 0.3 is 0 Å². The van der Waals surface area contributed by atoms with E-state index in [1.807, 2.05) is 18.2 Å². The highest BCUT2D eigenvalue weighted by Gasteiger charge is 2.20. The molecule has 0 fully saturated rings. The van der Waals surface area contributed by atoms with Crippen molar-refractivity contribution in [2.24, 2.45) is 0 Å². The number of aliphatic hydroxyl groups excluding tert-OH is 1. The van der Waals surface area contributed by atoms with Crippen LogP contribution in [0.4, 0.5) is 0 Å². The maximum atomic E-state index is 11.4. The highest BCUT2D eigenvalue weighted by molar-refractivity contribution is 5.77. The predicted molar refractivity (Wildman–Crippen MR) is 68.5 cm³/mol. The van der Waals surface area contributed by atoms with Crippen molar-refractivity contribution in [3.8, 4) is 11.8 Å². The largest absolute Gasteiger partial charge is 0.484 e. The number of nitrogens with zero attached hydrogens (tertiary/aromatic N) is 1. The molecule has 0 heterocycles. The molecule has 0 saturated carbocycles. The molecule has 100 valence electrons. The highest BCUT2D eigenvalue weighted by atomic mass is 16.5. The number of fused-ring (bicyclic) bond motifs is 1. The number of benzene rings is 1. The van der Waals surface area contributed by atoms with Gasteiger partial charge in [0.15, 0.2) is 6.61 Å². The van der Waals surface area contributed by atoms with E-state index < -0.39 is 0 Å². The third kappa shape index (κ3) is 3.46. The lowest BCUT2D eigenvalue weighted by Gasteiger charge is -2.09. The van der Waals surface area contributed by atoms with Crippen LogP contribution in [0.1, 0.15) is 30.1 Å². The van der Waals surface area contributed by atoms with Gasteiger partial charge in [0.1, 0.15) is 5.75 Å². The third-order valence-corrected chi connectivity index (χ3v) is 3.09. The Labute approximate surface area is 111 Å². The summed E-state index contributed by atoms with van der Waals surface area (Å²) >= 11 is 0. The molecule has 2 N–H and O–H groups in total. The Balaban J connectivity index is 1.84. The molecule has 0 spiro atoms. The minimum Gasteiger partial charge on any atom is -0.484 e. The zero-order chi connectivity index (χ0) is 13.7. The quantitative estimate of drug-likeness (QED) is 0.776. The number of carbonyl (C=O) groups is 1. The standard InChI is InChI=1S/C14H16N2O3/c15-6-1-7-16-14(18)9-19-11-3-4-12-10(8-11)2-5-13(12)17/h3-4,8,13,17H,1-2,5,7,9H2,(H,16,18)/t13-/m1/s1. The van der Waals surface area contributed by atoms with Crippen LogP contribution in [0.25, 0.3) is 0 Å². The van der Waals surface area contributed by atoms with Crippen molar-refractivity contribution < 1.29 is 14.6 Å². The van der Waals surface area contributed by atoms with E-state index in [4.69, 9.17) is 10.00 Å². The van der Waals surface area contributed by atoms with Gasteiger partial charge in [-0.15, -0.1) is 0 Å². The first-order chi connectivity index (χ1) is 9.20. The Hall–Kier alpha value is -2.06. The lowest BCUT2D eigenvalue weighted by atomic mass is 10.1. The number of rotatable bonds is 5. The van der Waals surface area contributed by atoms with Crippen LogP contribution in [0.3, 0.4) is 0 Å². The first kappa shape index (κ1) is 13.4. The van der Waals surface area contributed by atoms with Crippen molar-refractivity contribution in [2.45, 2.75) is 25.4 Å². The first-order valence-electron chi connectivity index (χ1n) is 6.28. The molecule has 1 aromatic carbocycles. The summed E-state index contributed by atoms with van der Waals surface area (Å²) in [6.45, 7) is 0.280. The van der Waals surface area contributed by atoms with Gasteiger partial charge in [0.05, 0.1) is 18.6 Å². The molecule has 1 atom stereocenters. The van der Waals surface area contributed by atoms with E-state index in [1.165, 1.54) is 0 Å². The van der Waals surface area contributed by atoms with E-state index >= 15 is 0 Å². The summed E-state index contributed by atoms with van der Waals surface area (Å²) in [5.41, 5.74) is 2.03. The summed E-state index contributed by atoms with van der Waals surface area (Å²) in [7, 11) is 0. The van der Waals surface area contributed by atoms with E-state index in [0.29, 0.717) is 18.7 Å². The van der Waals surface area contributed by atoms with Crippen molar-refractivity contribution in [1.29, 1.82) is 5.26 Å². The molecule has 0 aromatic heterocycles. The van der Waals surface area contributed by atoms with E-state index in [9.17, 15) is 9.90 Å². The van der Waals surface area contributed by atoms with E-state index in [2.05, 4.69) is 5.32 Å². The Bertz CT molecular complexity index is 508. The van der Waals surface area contributed by atoms with Gasteiger partial charge < -0.3 is 15.2 Å². The first-order valence-corrected chi connectivity index (χ1v) is 6.28. The van der Waals surface area contributed by atoms with Crippen LogP contribution in [0.2, 0.25) is 0 Å². The smallest absolute Gasteiger partial charge is 0.257 e. The van der Waals surface area contributed by atoms with Gasteiger partial charge in [-0.25, -0.2) is 0 Å². The molecule has 0 radical (unpaired) electrons. The van der Waals surface area contributed by atoms with Gasteiger partial charge in [-0.3, -0.25) is 4.79 Å². The number of nitriles is 1. The highest BCUT2D eigenvalue weighted by Crippen LogP contribution is 2.33. The third-order valence-electron chi connectivity index (χ3n) is 3.09. The number of ether oxygens (including phenoxy) is 1. The maximum Gasteiger partial charge on any atom is 0.257 e. The van der Waals surface area contributed by atoms with Crippen LogP contribution >= 0.6 is 0 Å². The predicted octanol–water partition coefficient (Wildman–Crippen LogP) is 1.07. The number of carbonyl (C=O) groups excluding carboxylic acids is 1. The van der Waals surface area contributed by atoms with Crippen LogP contribution < -0.4 is 10.1 Å². The van der Waals surface area contributed by atoms with Gasteiger partial charge in [0.2, 0.25) is 0 Å². The summed E-state index contributed by atoms with van der Waals surface area (Å²) in [5.74, 6) is 0.388. The van der Waals surface area contributed by atoms with Crippen molar-refractivity contribution in [2.75, 3.05) is 13.2 Å². The summed E-state index contributed by atoms with van der Waals surface area (Å²) in [5, 5.41) is 20.6. The fourth-order valence-corrected chi connectivity index (χ4v) is 2.12. The monoisotopic (exact) mass is 260 g/mol. The number of aliphatic hydroxyl groups is 1. The Kier molecular flexibility index (Phi) is 4.37. The molecule has 5 nitrogen and oxygen atoms in total. The van der Waals surface area contributed by atoms with Crippen LogP contribution in [0.5, 0.6) is 5.75 Å². The summed E-state index contributed by atoms with van der Waals surface area (Å²) in [6, 6.07) is 7.42. The molecule has 1 amide bonds. The number of aryl methyl sites for hydroxylation is 1. The second kappa shape index (κ2) is 6.21. The summed E-state index contributed by atoms with van der Waals surface area (Å²) < 4.78 is 5.38. The molecular weight excluding hydrogens is 244 g/mol. The zero-order valence-electron chi connectivity index (χ0n) is 10.6. The molecule has 0 aliphatic heterocycles. The molecular formula is C14H16N2O3. The van der Waals surface area contributed by atoms with Gasteiger partial charge in [-0.2, -0.15) is 5.26 Å². The topological polar surface area (TPSA) is 82.4 Å². The molecule has 0 unspecified atom stereocenters. The number of nitrogens with one attached hydrogen (secondary N) is 1. The average Bonchev–Trinajstić information content (AvgIpc) is 2.78. The summed E-state index contributed by atoms with van der Waals surface area (Å²) in [6.07, 6.45) is 1.50. The number of hydrogen-bond donors (Lipinski definition) is 2. The van der Waals surface area contributed by atoms with Crippen molar-refractivity contribution in [3.63, 3.8) is 0 Å². The fourth-order valence-electron chi connectivity index (χ4n) is 2.12. The van der Waals surface area contributed by atoms with Gasteiger partial charge in [-0.1, -0.05) is 6.07 Å². The average molecular weight is 260 g/mol. The Morgan fingerprint density at radius 1 is 1.58 bits per heavy atom. The van der Waals surface area contributed by atoms with Gasteiger partial charge in [0.25, 0.3) is 5.91 Å². The van der Waals surface area contributed by atoms with Crippen LogP contribution in [0, 0.1) is 11.3 Å². The van der Waals surface area contributed by atoms with Crippen LogP contribution in [-0.4, -0.2) is 24.2 Å². The molecule has 0 bridgehead atoms. The molecule has 1 aromatic rings. The van der Waals surface area contributed by atoms with Crippen LogP contribution in [0.15, 0.2) is 18.2 Å². The van der Waals surface area contributed by atoms with Crippen molar-refractivity contribution in [1.82, 2.24) is 5.32 Å². The molecule has 1 aliphatic rings. The van der Waals surface area contributed by atoms with Gasteiger partial charge in [-0.05, 0) is 36.1 Å². The fraction of sp³-hybridized carbons (Fsp3) is 0.429. The Morgan fingerprint density at radius 2 is 2.42 bits per heavy atom. The zero-order valence-corrected chi connectivity index (χ0v) is 10.6. The van der Waals surface area contributed by atoms with E-state index in [-0.39, 0.29) is 18.6 Å². The van der Waals surface area contributed by atoms with E-state index in [1.54, 1.807) is 6.07 Å². The summed E-state index contributed by atoms with van der Waals surface area (Å²) in [4.78, 5) is 11.4. The SMILES string of the molecule is N#CCCNC(=O)COc1ccc2c(c1)CC[C@H]2O. The van der Waals surface area contributed by atoms with Gasteiger partial charge in [0, 0.05) is 6.54 Å². The lowest BCUT2D eigenvalue weighted by molar-refractivity contribution is -0.123. The molecule has 5 heteroatoms. The second-order valence-corrected chi connectivity index (χ2v) is 4.46. The Morgan fingerprint density at radius 3 is 3.21 bits per heavy atom. The maximum absolute atomic E-state index is 11.4. The molecule has 1 aliphatic carbocycles. The molecule has 19 heavy (non-hydrogen) atoms. The minimum atomic E-state index is -0.377. The van der Waals surface area contributed by atoms with Crippen molar-refractivity contribution in [3.05, 3.63) is 29.3 Å².